The molecule has 1 aliphatic heterocycles. The SMILES string of the molecule is COc1c2cccc1OCCCCOc1nc(N)c3[nH]c(=O)n(c3n1)C2. The number of nitrogens with zero attached hydrogens (tertiary/aromatic N) is 3. The number of imidazole rings is 1. The Balaban J connectivity index is 1.90. The molecule has 26 heavy (non-hydrogen) atoms. The zero-order valence-corrected chi connectivity index (χ0v) is 14.3. The van der Waals surface area contributed by atoms with E-state index in [1.165, 1.54) is 4.57 Å². The van der Waals surface area contributed by atoms with Gasteiger partial charge in [-0.15, -0.1) is 0 Å². The fourth-order valence-corrected chi connectivity index (χ4v) is 2.99. The lowest BCUT2D eigenvalue weighted by Gasteiger charge is -2.15. The molecule has 0 spiro atoms. The molecule has 4 rings (SSSR count). The number of aromatic nitrogens is 4. The molecule has 0 fully saturated rings. The number of hydrogen-bond acceptors (Lipinski definition) is 7. The summed E-state index contributed by atoms with van der Waals surface area (Å²) in [7, 11) is 1.58. The first kappa shape index (κ1) is 16.2. The van der Waals surface area contributed by atoms with Gasteiger partial charge in [-0.2, -0.15) is 9.97 Å². The number of benzene rings is 1. The van der Waals surface area contributed by atoms with Crippen LogP contribution in [0, 0.1) is 0 Å². The normalized spacial score (nSPS) is 14.5. The maximum Gasteiger partial charge on any atom is 0.328 e. The summed E-state index contributed by atoms with van der Waals surface area (Å²) in [5, 5.41) is 0. The van der Waals surface area contributed by atoms with Crippen molar-refractivity contribution in [2.24, 2.45) is 0 Å². The maximum absolute atomic E-state index is 12.5. The van der Waals surface area contributed by atoms with Gasteiger partial charge < -0.3 is 24.9 Å². The molecule has 3 N–H and O–H groups in total. The third kappa shape index (κ3) is 2.81. The lowest BCUT2D eigenvalue weighted by atomic mass is 10.2. The number of methoxy groups -OCH3 is 1. The van der Waals surface area contributed by atoms with Gasteiger partial charge in [0.2, 0.25) is 0 Å². The molecular formula is C17H19N5O4. The highest BCUT2D eigenvalue weighted by Crippen LogP contribution is 2.32. The number of fused-ring (bicyclic) bond motifs is 3. The Morgan fingerprint density at radius 2 is 2.04 bits per heavy atom. The van der Waals surface area contributed by atoms with Crippen LogP contribution in [0.1, 0.15) is 18.4 Å². The third-order valence-electron chi connectivity index (χ3n) is 4.25. The van der Waals surface area contributed by atoms with Crippen molar-refractivity contribution in [3.63, 3.8) is 0 Å². The smallest absolute Gasteiger partial charge is 0.328 e. The zero-order valence-electron chi connectivity index (χ0n) is 14.3. The molecular weight excluding hydrogens is 338 g/mol. The third-order valence-corrected chi connectivity index (χ3v) is 4.25. The van der Waals surface area contributed by atoms with Crippen molar-refractivity contribution < 1.29 is 14.2 Å². The van der Waals surface area contributed by atoms with Gasteiger partial charge in [-0.05, 0) is 18.9 Å². The molecule has 0 aliphatic carbocycles. The summed E-state index contributed by atoms with van der Waals surface area (Å²) in [6, 6.07) is 5.75. The summed E-state index contributed by atoms with van der Waals surface area (Å²) < 4.78 is 18.4. The quantitative estimate of drug-likeness (QED) is 0.674. The number of para-hydroxylation sites is 1. The summed E-state index contributed by atoms with van der Waals surface area (Å²) in [6.07, 6.45) is 1.57. The van der Waals surface area contributed by atoms with E-state index >= 15 is 0 Å². The standard InChI is InChI=1S/C17H19N5O4/c1-24-13-10-5-4-6-11(13)25-7-2-3-8-26-16-20-14(18)12-15(21-16)22(9-10)17(23)19-12/h4-6H,2-3,7-9H2,1H3,(H,19,23)(H2,18,20,21). The minimum atomic E-state index is -0.335. The first-order valence-electron chi connectivity index (χ1n) is 8.35. The van der Waals surface area contributed by atoms with Crippen molar-refractivity contribution in [2.75, 3.05) is 26.1 Å². The molecule has 9 nitrogen and oxygen atoms in total. The van der Waals surface area contributed by atoms with Crippen LogP contribution in [0.3, 0.4) is 0 Å². The van der Waals surface area contributed by atoms with E-state index in [4.69, 9.17) is 19.9 Å². The highest BCUT2D eigenvalue weighted by molar-refractivity contribution is 5.82. The zero-order chi connectivity index (χ0) is 18.1. The molecule has 9 heteroatoms. The highest BCUT2D eigenvalue weighted by atomic mass is 16.5. The topological polar surface area (TPSA) is 117 Å². The van der Waals surface area contributed by atoms with Crippen molar-refractivity contribution >= 4 is 17.0 Å². The highest BCUT2D eigenvalue weighted by Gasteiger charge is 2.18. The summed E-state index contributed by atoms with van der Waals surface area (Å²) in [5.74, 6) is 1.42. The van der Waals surface area contributed by atoms with Crippen molar-refractivity contribution in [1.82, 2.24) is 19.5 Å². The van der Waals surface area contributed by atoms with Gasteiger partial charge in [0.15, 0.2) is 23.0 Å². The van der Waals surface area contributed by atoms with Crippen molar-refractivity contribution in [1.29, 1.82) is 0 Å². The molecule has 3 heterocycles. The minimum absolute atomic E-state index is 0.154. The molecule has 0 saturated heterocycles. The summed E-state index contributed by atoms with van der Waals surface area (Å²) in [4.78, 5) is 23.6. The van der Waals surface area contributed by atoms with Gasteiger partial charge in [-0.25, -0.2) is 4.79 Å². The number of H-pyrrole nitrogens is 1. The van der Waals surface area contributed by atoms with Crippen molar-refractivity contribution in [3.05, 3.63) is 34.2 Å². The molecule has 1 aromatic carbocycles. The van der Waals surface area contributed by atoms with E-state index in [0.717, 1.165) is 18.4 Å². The van der Waals surface area contributed by atoms with Gasteiger partial charge in [0.25, 0.3) is 0 Å². The van der Waals surface area contributed by atoms with Crippen LogP contribution in [0.2, 0.25) is 0 Å². The van der Waals surface area contributed by atoms with Gasteiger partial charge >= 0.3 is 11.7 Å². The fraction of sp³-hybridized carbons (Fsp3) is 0.353. The first-order valence-corrected chi connectivity index (χ1v) is 8.35. The number of anilines is 1. The second-order valence-corrected chi connectivity index (χ2v) is 5.96. The Morgan fingerprint density at radius 1 is 1.23 bits per heavy atom. The average molecular weight is 357 g/mol. The Labute approximate surface area is 148 Å². The van der Waals surface area contributed by atoms with E-state index in [1.54, 1.807) is 7.11 Å². The van der Waals surface area contributed by atoms with Crippen LogP contribution in [0.15, 0.2) is 23.0 Å². The van der Waals surface area contributed by atoms with Crippen LogP contribution in [0.5, 0.6) is 17.5 Å². The Hall–Kier alpha value is -3.23. The number of nitrogen functional groups attached to an aromatic ring is 1. The number of nitrogens with two attached hydrogens (primary N) is 1. The molecule has 0 amide bonds. The van der Waals surface area contributed by atoms with Crippen LogP contribution in [-0.2, 0) is 6.54 Å². The van der Waals surface area contributed by atoms with Gasteiger partial charge in [0, 0.05) is 5.56 Å². The van der Waals surface area contributed by atoms with E-state index < -0.39 is 0 Å². The number of ether oxygens (including phenoxy) is 3. The molecule has 0 unspecified atom stereocenters. The second kappa shape index (κ2) is 6.58. The molecule has 0 atom stereocenters. The van der Waals surface area contributed by atoms with Gasteiger partial charge in [0.05, 0.1) is 26.9 Å². The summed E-state index contributed by atoms with van der Waals surface area (Å²) in [5.41, 5.74) is 7.21. The Bertz CT molecular complexity index is 1010. The molecule has 0 radical (unpaired) electrons. The van der Waals surface area contributed by atoms with Crippen molar-refractivity contribution in [3.8, 4) is 17.5 Å². The molecule has 136 valence electrons. The molecule has 1 aliphatic rings. The van der Waals surface area contributed by atoms with E-state index in [-0.39, 0.29) is 24.1 Å². The molecule has 4 bridgehead atoms. The average Bonchev–Trinajstić information content (AvgIpc) is 2.94. The Kier molecular flexibility index (Phi) is 4.11. The van der Waals surface area contributed by atoms with Gasteiger partial charge in [0.1, 0.15) is 5.52 Å². The predicted octanol–water partition coefficient (Wildman–Crippen LogP) is 1.31. The summed E-state index contributed by atoms with van der Waals surface area (Å²) >= 11 is 0. The predicted molar refractivity (Wildman–Crippen MR) is 94.9 cm³/mol. The van der Waals surface area contributed by atoms with Crippen molar-refractivity contribution in [2.45, 2.75) is 19.4 Å². The molecule has 3 aromatic rings. The van der Waals surface area contributed by atoms with Crippen LogP contribution < -0.4 is 25.6 Å². The number of rotatable bonds is 1. The lowest BCUT2D eigenvalue weighted by molar-refractivity contribution is 0.248. The minimum Gasteiger partial charge on any atom is -0.493 e. The first-order chi connectivity index (χ1) is 12.7. The van der Waals surface area contributed by atoms with Crippen LogP contribution >= 0.6 is 0 Å². The van der Waals surface area contributed by atoms with Crippen LogP contribution in [0.25, 0.3) is 11.2 Å². The monoisotopic (exact) mass is 357 g/mol. The summed E-state index contributed by atoms with van der Waals surface area (Å²) in [6.45, 7) is 1.20. The maximum atomic E-state index is 12.5. The van der Waals surface area contributed by atoms with E-state index in [0.29, 0.717) is 35.9 Å². The van der Waals surface area contributed by atoms with E-state index in [1.807, 2.05) is 18.2 Å². The van der Waals surface area contributed by atoms with E-state index in [2.05, 4.69) is 15.0 Å². The molecule has 2 aromatic heterocycles. The van der Waals surface area contributed by atoms with Crippen LogP contribution in [0.4, 0.5) is 5.82 Å². The lowest BCUT2D eigenvalue weighted by Crippen LogP contribution is -2.18. The number of aromatic amines is 1. The van der Waals surface area contributed by atoms with E-state index in [9.17, 15) is 4.79 Å². The number of hydrogen-bond donors (Lipinski definition) is 2. The largest absolute Gasteiger partial charge is 0.493 e. The second-order valence-electron chi connectivity index (χ2n) is 5.96. The fourth-order valence-electron chi connectivity index (χ4n) is 2.99. The molecule has 0 saturated carbocycles. The Morgan fingerprint density at radius 3 is 2.85 bits per heavy atom. The number of nitrogens with one attached hydrogen (secondary N) is 1. The van der Waals surface area contributed by atoms with Gasteiger partial charge in [-0.3, -0.25) is 4.57 Å². The van der Waals surface area contributed by atoms with Gasteiger partial charge in [-0.1, -0.05) is 12.1 Å². The van der Waals surface area contributed by atoms with Crippen LogP contribution in [-0.4, -0.2) is 39.8 Å².